The van der Waals surface area contributed by atoms with Crippen molar-refractivity contribution in [3.63, 3.8) is 0 Å². The quantitative estimate of drug-likeness (QED) is 0.854. The van der Waals surface area contributed by atoms with Gasteiger partial charge in [0, 0.05) is 29.9 Å². The van der Waals surface area contributed by atoms with E-state index in [-0.39, 0.29) is 18.1 Å². The number of ether oxygens (including phenoxy) is 1. The summed E-state index contributed by atoms with van der Waals surface area (Å²) in [4.78, 5) is 18.0. The number of nitrogens with zero attached hydrogens (tertiary/aromatic N) is 2. The molecule has 4 heterocycles. The van der Waals surface area contributed by atoms with Crippen LogP contribution in [0, 0.1) is 0 Å². The van der Waals surface area contributed by atoms with Crippen molar-refractivity contribution in [3.8, 4) is 0 Å². The first kappa shape index (κ1) is 15.3. The van der Waals surface area contributed by atoms with Gasteiger partial charge < -0.3 is 9.64 Å². The van der Waals surface area contributed by atoms with E-state index < -0.39 is 0 Å². The highest BCUT2D eigenvalue weighted by atomic mass is 32.1. The van der Waals surface area contributed by atoms with E-state index in [2.05, 4.69) is 22.4 Å². The van der Waals surface area contributed by atoms with E-state index in [1.54, 1.807) is 11.3 Å². The number of likely N-dealkylation sites (tertiary alicyclic amines) is 1. The van der Waals surface area contributed by atoms with E-state index in [0.717, 1.165) is 38.2 Å². The second kappa shape index (κ2) is 6.36. The molecule has 0 radical (unpaired) electrons. The van der Waals surface area contributed by atoms with Crippen molar-refractivity contribution in [2.45, 2.75) is 25.0 Å². The third-order valence-electron chi connectivity index (χ3n) is 4.79. The lowest BCUT2D eigenvalue weighted by molar-refractivity contribution is -0.144. The summed E-state index contributed by atoms with van der Waals surface area (Å²) in [6.07, 6.45) is 1.98. The van der Waals surface area contributed by atoms with Gasteiger partial charge in [-0.2, -0.15) is 11.3 Å². The minimum absolute atomic E-state index is 0.0787. The van der Waals surface area contributed by atoms with Gasteiger partial charge in [0.2, 0.25) is 0 Å². The topological polar surface area (TPSA) is 32.8 Å². The van der Waals surface area contributed by atoms with E-state index in [1.165, 1.54) is 4.88 Å². The molecule has 0 aliphatic carbocycles. The Balaban J connectivity index is 1.41. The Kier molecular flexibility index (Phi) is 4.24. The highest BCUT2D eigenvalue weighted by Crippen LogP contribution is 2.33. The fourth-order valence-electron chi connectivity index (χ4n) is 3.40. The summed E-state index contributed by atoms with van der Waals surface area (Å²) in [5, 5.41) is 6.20. The van der Waals surface area contributed by atoms with Crippen LogP contribution in [0.5, 0.6) is 0 Å². The average molecular weight is 348 g/mol. The first-order valence-corrected chi connectivity index (χ1v) is 9.78. The first-order chi connectivity index (χ1) is 11.2. The van der Waals surface area contributed by atoms with Crippen molar-refractivity contribution in [2.75, 3.05) is 31.1 Å². The molecule has 2 aromatic heterocycles. The smallest absolute Gasteiger partial charge is 0.253 e. The standard InChI is InChI=1S/C17H20N2O2S2/c20-16-11-21-17(13-19(16)14-3-9-22-12-14)4-6-18(7-5-17)10-15-2-1-8-23-15/h1-3,8-9,12H,4-7,10-11,13H2. The van der Waals surface area contributed by atoms with Gasteiger partial charge in [-0.1, -0.05) is 6.07 Å². The van der Waals surface area contributed by atoms with Crippen LogP contribution in [0.4, 0.5) is 5.69 Å². The largest absolute Gasteiger partial charge is 0.363 e. The summed E-state index contributed by atoms with van der Waals surface area (Å²) in [5.74, 6) is 0.0787. The molecule has 4 rings (SSSR count). The van der Waals surface area contributed by atoms with E-state index in [0.29, 0.717) is 6.54 Å². The van der Waals surface area contributed by atoms with Crippen LogP contribution in [0.1, 0.15) is 17.7 Å². The second-order valence-corrected chi connectivity index (χ2v) is 8.10. The van der Waals surface area contributed by atoms with Crippen LogP contribution in [0.25, 0.3) is 0 Å². The highest BCUT2D eigenvalue weighted by Gasteiger charge is 2.42. The Hall–Kier alpha value is -1.21. The molecule has 2 aliphatic heterocycles. The lowest BCUT2D eigenvalue weighted by Gasteiger charge is -2.46. The van der Waals surface area contributed by atoms with E-state index in [4.69, 9.17) is 4.74 Å². The number of hydrogen-bond donors (Lipinski definition) is 0. The van der Waals surface area contributed by atoms with Gasteiger partial charge in [-0.25, -0.2) is 0 Å². The summed E-state index contributed by atoms with van der Waals surface area (Å²) >= 11 is 3.45. The molecule has 122 valence electrons. The summed E-state index contributed by atoms with van der Waals surface area (Å²) < 4.78 is 6.02. The molecule has 0 unspecified atom stereocenters. The molecule has 4 nitrogen and oxygen atoms in total. The van der Waals surface area contributed by atoms with Crippen molar-refractivity contribution >= 4 is 34.3 Å². The van der Waals surface area contributed by atoms with E-state index >= 15 is 0 Å². The fraction of sp³-hybridized carbons (Fsp3) is 0.471. The van der Waals surface area contributed by atoms with Gasteiger partial charge >= 0.3 is 0 Å². The number of carbonyl (C=O) groups is 1. The third-order valence-corrected chi connectivity index (χ3v) is 6.33. The summed E-state index contributed by atoms with van der Waals surface area (Å²) in [6, 6.07) is 6.33. The van der Waals surface area contributed by atoms with Crippen molar-refractivity contribution in [1.29, 1.82) is 0 Å². The maximum absolute atomic E-state index is 12.2. The minimum atomic E-state index is -0.165. The summed E-state index contributed by atoms with van der Waals surface area (Å²) in [6.45, 7) is 3.99. The molecule has 2 fully saturated rings. The number of piperidine rings is 1. The summed E-state index contributed by atoms with van der Waals surface area (Å²) in [7, 11) is 0. The normalized spacial score (nSPS) is 21.9. The third kappa shape index (κ3) is 3.21. The van der Waals surface area contributed by atoms with E-state index in [9.17, 15) is 4.79 Å². The zero-order chi connectivity index (χ0) is 15.7. The molecule has 1 amide bonds. The van der Waals surface area contributed by atoms with Crippen LogP contribution in [-0.4, -0.2) is 42.6 Å². The number of anilines is 1. The number of carbonyl (C=O) groups excluding carboxylic acids is 1. The lowest BCUT2D eigenvalue weighted by Crippen LogP contribution is -2.58. The molecule has 2 aromatic rings. The molecule has 1 spiro atoms. The number of amides is 1. The molecule has 23 heavy (non-hydrogen) atoms. The first-order valence-electron chi connectivity index (χ1n) is 7.95. The van der Waals surface area contributed by atoms with Gasteiger partial charge in [0.05, 0.1) is 17.8 Å². The van der Waals surface area contributed by atoms with Crippen molar-refractivity contribution in [3.05, 3.63) is 39.2 Å². The average Bonchev–Trinajstić information content (AvgIpc) is 3.26. The number of morpholine rings is 1. The van der Waals surface area contributed by atoms with Gasteiger partial charge in [-0.05, 0) is 35.7 Å². The molecule has 0 atom stereocenters. The molecule has 2 aliphatic rings. The van der Waals surface area contributed by atoms with Crippen molar-refractivity contribution in [1.82, 2.24) is 4.90 Å². The van der Waals surface area contributed by atoms with Crippen LogP contribution in [0.2, 0.25) is 0 Å². The number of rotatable bonds is 3. The van der Waals surface area contributed by atoms with Crippen molar-refractivity contribution in [2.24, 2.45) is 0 Å². The molecular formula is C17H20N2O2S2. The fourth-order valence-corrected chi connectivity index (χ4v) is 4.79. The monoisotopic (exact) mass is 348 g/mol. The molecule has 0 saturated carbocycles. The zero-order valence-corrected chi connectivity index (χ0v) is 14.6. The van der Waals surface area contributed by atoms with Gasteiger partial charge in [0.25, 0.3) is 5.91 Å². The Morgan fingerprint density at radius 2 is 2.09 bits per heavy atom. The maximum atomic E-state index is 12.2. The Bertz CT molecular complexity index is 646. The Morgan fingerprint density at radius 3 is 2.78 bits per heavy atom. The van der Waals surface area contributed by atoms with Crippen LogP contribution in [0.3, 0.4) is 0 Å². The van der Waals surface area contributed by atoms with Gasteiger partial charge in [-0.3, -0.25) is 9.69 Å². The van der Waals surface area contributed by atoms with Gasteiger partial charge in [0.15, 0.2) is 0 Å². The Labute approximate surface area is 144 Å². The molecule has 6 heteroatoms. The van der Waals surface area contributed by atoms with Crippen LogP contribution < -0.4 is 4.90 Å². The highest BCUT2D eigenvalue weighted by molar-refractivity contribution is 7.09. The molecule has 2 saturated heterocycles. The molecule has 0 N–H and O–H groups in total. The Morgan fingerprint density at radius 1 is 1.22 bits per heavy atom. The van der Waals surface area contributed by atoms with Crippen molar-refractivity contribution < 1.29 is 9.53 Å². The minimum Gasteiger partial charge on any atom is -0.363 e. The molecule has 0 bridgehead atoms. The molecular weight excluding hydrogens is 328 g/mol. The number of thiophene rings is 2. The van der Waals surface area contributed by atoms with Crippen LogP contribution >= 0.6 is 22.7 Å². The van der Waals surface area contributed by atoms with Gasteiger partial charge in [0.1, 0.15) is 6.61 Å². The summed E-state index contributed by atoms with van der Waals surface area (Å²) in [5.41, 5.74) is 0.852. The van der Waals surface area contributed by atoms with Crippen LogP contribution in [-0.2, 0) is 16.1 Å². The predicted molar refractivity (Wildman–Crippen MR) is 94.2 cm³/mol. The van der Waals surface area contributed by atoms with Gasteiger partial charge in [-0.15, -0.1) is 11.3 Å². The SMILES string of the molecule is O=C1COC2(CCN(Cc3cccs3)CC2)CN1c1ccsc1. The predicted octanol–water partition coefficient (Wildman–Crippen LogP) is 3.21. The number of hydrogen-bond acceptors (Lipinski definition) is 5. The van der Waals surface area contributed by atoms with Crippen LogP contribution in [0.15, 0.2) is 34.3 Å². The molecule has 0 aromatic carbocycles. The van der Waals surface area contributed by atoms with E-state index in [1.807, 2.05) is 33.1 Å². The lowest BCUT2D eigenvalue weighted by atomic mass is 9.89. The zero-order valence-electron chi connectivity index (χ0n) is 12.9. The second-order valence-electron chi connectivity index (χ2n) is 6.29. The maximum Gasteiger partial charge on any atom is 0.253 e.